The molecule has 1 aromatic rings. The quantitative estimate of drug-likeness (QED) is 0.777. The van der Waals surface area contributed by atoms with Crippen molar-refractivity contribution in [2.45, 2.75) is 30.5 Å². The summed E-state index contributed by atoms with van der Waals surface area (Å²) in [5.41, 5.74) is -2.50. The van der Waals surface area contributed by atoms with Gasteiger partial charge in [-0.15, -0.1) is 0 Å². The molecule has 0 atom stereocenters. The molecule has 0 radical (unpaired) electrons. The number of sulfonamides is 1. The zero-order chi connectivity index (χ0) is 16.8. The zero-order valence-electron chi connectivity index (χ0n) is 11.9. The van der Waals surface area contributed by atoms with Gasteiger partial charge in [-0.2, -0.15) is 17.5 Å². The summed E-state index contributed by atoms with van der Waals surface area (Å²) in [5, 5.41) is 0. The standard InChI is InChI=1S/C13H15F4NO3S/c1-12(2)8-21-6-5-18(12)22(19,20)11-4-3-9(14)7-10(11)13(15,16)17/h3-4,7H,5-6,8H2,1-2H3. The van der Waals surface area contributed by atoms with Crippen LogP contribution in [0.4, 0.5) is 17.6 Å². The summed E-state index contributed by atoms with van der Waals surface area (Å²) >= 11 is 0. The Morgan fingerprint density at radius 3 is 2.45 bits per heavy atom. The molecule has 1 aliphatic heterocycles. The van der Waals surface area contributed by atoms with Gasteiger partial charge in [0.2, 0.25) is 10.0 Å². The predicted octanol–water partition coefficient (Wildman–Crippen LogP) is 2.64. The summed E-state index contributed by atoms with van der Waals surface area (Å²) in [6, 6.07) is 1.55. The largest absolute Gasteiger partial charge is 0.417 e. The van der Waals surface area contributed by atoms with Gasteiger partial charge in [0.1, 0.15) is 5.82 Å². The third-order valence-corrected chi connectivity index (χ3v) is 5.55. The van der Waals surface area contributed by atoms with Crippen LogP contribution in [-0.2, 0) is 20.9 Å². The van der Waals surface area contributed by atoms with E-state index in [9.17, 15) is 26.0 Å². The van der Waals surface area contributed by atoms with Crippen LogP contribution in [0, 0.1) is 5.82 Å². The maximum Gasteiger partial charge on any atom is 0.417 e. The van der Waals surface area contributed by atoms with E-state index in [0.29, 0.717) is 12.1 Å². The number of rotatable bonds is 2. The monoisotopic (exact) mass is 341 g/mol. The van der Waals surface area contributed by atoms with E-state index in [0.717, 1.165) is 4.31 Å². The van der Waals surface area contributed by atoms with E-state index in [1.54, 1.807) is 13.8 Å². The van der Waals surface area contributed by atoms with Crippen LogP contribution in [0.25, 0.3) is 0 Å². The van der Waals surface area contributed by atoms with Crippen LogP contribution in [0.5, 0.6) is 0 Å². The first-order chi connectivity index (χ1) is 9.96. The molecule has 0 spiro atoms. The van der Waals surface area contributed by atoms with Crippen LogP contribution in [0.2, 0.25) is 0 Å². The van der Waals surface area contributed by atoms with Gasteiger partial charge in [0.25, 0.3) is 0 Å². The first-order valence-corrected chi connectivity index (χ1v) is 7.87. The highest BCUT2D eigenvalue weighted by Gasteiger charge is 2.44. The van der Waals surface area contributed by atoms with Crippen LogP contribution < -0.4 is 0 Å². The Morgan fingerprint density at radius 2 is 1.91 bits per heavy atom. The van der Waals surface area contributed by atoms with Gasteiger partial charge in [0.05, 0.1) is 29.2 Å². The molecule has 1 fully saturated rings. The van der Waals surface area contributed by atoms with Crippen LogP contribution in [0.1, 0.15) is 19.4 Å². The van der Waals surface area contributed by atoms with Crippen molar-refractivity contribution in [1.29, 1.82) is 0 Å². The molecule has 0 amide bonds. The number of benzene rings is 1. The van der Waals surface area contributed by atoms with E-state index in [-0.39, 0.29) is 25.8 Å². The molecule has 2 rings (SSSR count). The summed E-state index contributed by atoms with van der Waals surface area (Å²) < 4.78 is 83.7. The van der Waals surface area contributed by atoms with Gasteiger partial charge in [-0.1, -0.05) is 0 Å². The van der Waals surface area contributed by atoms with E-state index in [1.807, 2.05) is 0 Å². The van der Waals surface area contributed by atoms with E-state index in [4.69, 9.17) is 4.74 Å². The predicted molar refractivity (Wildman–Crippen MR) is 70.2 cm³/mol. The fraction of sp³-hybridized carbons (Fsp3) is 0.538. The molecule has 22 heavy (non-hydrogen) atoms. The lowest BCUT2D eigenvalue weighted by Crippen LogP contribution is -2.55. The molecule has 4 nitrogen and oxygen atoms in total. The minimum atomic E-state index is -4.97. The van der Waals surface area contributed by atoms with Crippen molar-refractivity contribution >= 4 is 10.0 Å². The highest BCUT2D eigenvalue weighted by Crippen LogP contribution is 2.37. The van der Waals surface area contributed by atoms with Gasteiger partial charge in [-0.3, -0.25) is 0 Å². The normalized spacial score (nSPS) is 20.1. The number of alkyl halides is 3. The van der Waals surface area contributed by atoms with E-state index in [2.05, 4.69) is 0 Å². The molecule has 9 heteroatoms. The number of morpholine rings is 1. The topological polar surface area (TPSA) is 46.6 Å². The van der Waals surface area contributed by atoms with Crippen LogP contribution in [0.15, 0.2) is 23.1 Å². The van der Waals surface area contributed by atoms with Crippen molar-refractivity contribution in [3.05, 3.63) is 29.6 Å². The second-order valence-corrected chi connectivity index (χ2v) is 7.41. The Morgan fingerprint density at radius 1 is 1.27 bits per heavy atom. The third kappa shape index (κ3) is 3.11. The second-order valence-electron chi connectivity index (χ2n) is 5.58. The average molecular weight is 341 g/mol. The van der Waals surface area contributed by atoms with Gasteiger partial charge < -0.3 is 4.74 Å². The molecular weight excluding hydrogens is 326 g/mol. The third-order valence-electron chi connectivity index (χ3n) is 3.38. The highest BCUT2D eigenvalue weighted by atomic mass is 32.2. The summed E-state index contributed by atoms with van der Waals surface area (Å²) in [4.78, 5) is -0.948. The van der Waals surface area contributed by atoms with E-state index < -0.39 is 38.0 Å². The first-order valence-electron chi connectivity index (χ1n) is 6.43. The molecule has 0 aliphatic carbocycles. The minimum absolute atomic E-state index is 0.0643. The Hall–Kier alpha value is -1.19. The molecule has 124 valence electrons. The lowest BCUT2D eigenvalue weighted by molar-refractivity contribution is -0.140. The second kappa shape index (κ2) is 5.47. The summed E-state index contributed by atoms with van der Waals surface area (Å²) in [5.74, 6) is -1.15. The van der Waals surface area contributed by atoms with Gasteiger partial charge >= 0.3 is 6.18 Å². The Kier molecular flexibility index (Phi) is 4.27. The number of nitrogens with zero attached hydrogens (tertiary/aromatic N) is 1. The van der Waals surface area contributed by atoms with Gasteiger partial charge in [0.15, 0.2) is 0 Å². The molecule has 0 saturated carbocycles. The summed E-state index contributed by atoms with van der Waals surface area (Å²) in [6.45, 7) is 3.20. The van der Waals surface area contributed by atoms with Crippen molar-refractivity contribution in [3.8, 4) is 0 Å². The molecule has 1 heterocycles. The minimum Gasteiger partial charge on any atom is -0.378 e. The van der Waals surface area contributed by atoms with E-state index >= 15 is 0 Å². The maximum absolute atomic E-state index is 13.1. The molecule has 0 aromatic heterocycles. The molecule has 1 saturated heterocycles. The van der Waals surface area contributed by atoms with Crippen molar-refractivity contribution in [2.75, 3.05) is 19.8 Å². The molecule has 1 aromatic carbocycles. The van der Waals surface area contributed by atoms with Crippen molar-refractivity contribution in [2.24, 2.45) is 0 Å². The van der Waals surface area contributed by atoms with E-state index in [1.165, 1.54) is 0 Å². The molecule has 1 aliphatic rings. The highest BCUT2D eigenvalue weighted by molar-refractivity contribution is 7.89. The van der Waals surface area contributed by atoms with Crippen molar-refractivity contribution < 1.29 is 30.7 Å². The Labute approximate surface area is 125 Å². The lowest BCUT2D eigenvalue weighted by Gasteiger charge is -2.41. The molecular formula is C13H15F4NO3S. The number of hydrogen-bond donors (Lipinski definition) is 0. The lowest BCUT2D eigenvalue weighted by atomic mass is 10.1. The SMILES string of the molecule is CC1(C)COCCN1S(=O)(=O)c1ccc(F)cc1C(F)(F)F. The summed E-state index contributed by atoms with van der Waals surface area (Å²) in [6.07, 6.45) is -4.97. The number of ether oxygens (including phenoxy) is 1. The number of halogens is 4. The zero-order valence-corrected chi connectivity index (χ0v) is 12.8. The van der Waals surface area contributed by atoms with Crippen LogP contribution in [-0.4, -0.2) is 38.0 Å². The number of hydrogen-bond acceptors (Lipinski definition) is 3. The fourth-order valence-electron chi connectivity index (χ4n) is 2.36. The first kappa shape index (κ1) is 17.2. The van der Waals surface area contributed by atoms with Crippen LogP contribution >= 0.6 is 0 Å². The van der Waals surface area contributed by atoms with Gasteiger partial charge in [-0.25, -0.2) is 12.8 Å². The maximum atomic E-state index is 13.1. The van der Waals surface area contributed by atoms with Crippen molar-refractivity contribution in [1.82, 2.24) is 4.31 Å². The van der Waals surface area contributed by atoms with Gasteiger partial charge in [-0.05, 0) is 32.0 Å². The Balaban J connectivity index is 2.60. The molecule has 0 unspecified atom stereocenters. The average Bonchev–Trinajstić information content (AvgIpc) is 2.36. The van der Waals surface area contributed by atoms with Gasteiger partial charge in [0, 0.05) is 6.54 Å². The summed E-state index contributed by atoms with van der Waals surface area (Å²) in [7, 11) is -4.43. The van der Waals surface area contributed by atoms with Crippen molar-refractivity contribution in [3.63, 3.8) is 0 Å². The molecule has 0 bridgehead atoms. The molecule has 0 N–H and O–H groups in total. The van der Waals surface area contributed by atoms with Crippen LogP contribution in [0.3, 0.4) is 0 Å². The fourth-order valence-corrected chi connectivity index (χ4v) is 4.31. The smallest absolute Gasteiger partial charge is 0.378 e. The Bertz CT molecular complexity index is 670.